The Bertz CT molecular complexity index is 563. The van der Waals surface area contributed by atoms with Crippen LogP contribution in [-0.2, 0) is 6.18 Å². The zero-order valence-corrected chi connectivity index (χ0v) is 9.47. The van der Waals surface area contributed by atoms with Crippen molar-refractivity contribution in [2.75, 3.05) is 0 Å². The van der Waals surface area contributed by atoms with E-state index < -0.39 is 11.1 Å². The number of rotatable bonds is 2. The molecule has 0 amide bonds. The number of allylic oxidation sites excluding steroid dienone is 2. The summed E-state index contributed by atoms with van der Waals surface area (Å²) in [6.45, 7) is 1.68. The number of imidazole rings is 1. The van der Waals surface area contributed by atoms with E-state index in [1.54, 1.807) is 13.0 Å². The van der Waals surface area contributed by atoms with Gasteiger partial charge in [0.05, 0.1) is 0 Å². The molecule has 0 bridgehead atoms. The number of alkyl halides is 3. The molecule has 2 rings (SSSR count). The molecule has 0 atom stereocenters. The predicted molar refractivity (Wildman–Crippen MR) is 57.2 cm³/mol. The van der Waals surface area contributed by atoms with Gasteiger partial charge in [0.15, 0.2) is 4.96 Å². The number of aromatic nitrogens is 2. The van der Waals surface area contributed by atoms with Gasteiger partial charge in [-0.15, -0.1) is 0 Å². The lowest BCUT2D eigenvalue weighted by molar-refractivity contribution is -0.134. The summed E-state index contributed by atoms with van der Waals surface area (Å²) < 4.78 is 38.3. The molecule has 0 aliphatic rings. The first-order valence-electron chi connectivity index (χ1n) is 4.64. The van der Waals surface area contributed by atoms with Gasteiger partial charge in [-0.2, -0.15) is 13.2 Å². The highest BCUT2D eigenvalue weighted by Gasteiger charge is 2.33. The maximum absolute atomic E-state index is 12.4. The number of hydrogen-bond donors (Lipinski definition) is 0. The lowest BCUT2D eigenvalue weighted by atomic mass is 10.3. The molecule has 7 heteroatoms. The SMILES string of the molecule is CC=CC(=O)c1cn2cc(C(F)(F)F)sc2n1. The van der Waals surface area contributed by atoms with Crippen LogP contribution < -0.4 is 0 Å². The van der Waals surface area contributed by atoms with Gasteiger partial charge >= 0.3 is 6.18 Å². The number of hydrogen-bond acceptors (Lipinski definition) is 3. The van der Waals surface area contributed by atoms with Crippen molar-refractivity contribution in [2.24, 2.45) is 0 Å². The lowest BCUT2D eigenvalue weighted by Gasteiger charge is -1.99. The van der Waals surface area contributed by atoms with Crippen LogP contribution in [0.1, 0.15) is 22.3 Å². The Morgan fingerprint density at radius 2 is 2.18 bits per heavy atom. The molecule has 0 N–H and O–H groups in total. The molecule has 0 aromatic carbocycles. The molecule has 3 nitrogen and oxygen atoms in total. The summed E-state index contributed by atoms with van der Waals surface area (Å²) in [6, 6.07) is 0. The van der Waals surface area contributed by atoms with Gasteiger partial charge in [-0.3, -0.25) is 9.20 Å². The lowest BCUT2D eigenvalue weighted by Crippen LogP contribution is -2.01. The second-order valence-electron chi connectivity index (χ2n) is 3.27. The highest BCUT2D eigenvalue weighted by Crippen LogP contribution is 2.34. The third-order valence-electron chi connectivity index (χ3n) is 2.01. The summed E-state index contributed by atoms with van der Waals surface area (Å²) >= 11 is 0.511. The molecule has 2 aromatic rings. The quantitative estimate of drug-likeness (QED) is 0.614. The van der Waals surface area contributed by atoms with E-state index in [2.05, 4.69) is 4.98 Å². The normalized spacial score (nSPS) is 12.7. The largest absolute Gasteiger partial charge is 0.427 e. The third kappa shape index (κ3) is 2.23. The van der Waals surface area contributed by atoms with E-state index in [-0.39, 0.29) is 16.4 Å². The zero-order chi connectivity index (χ0) is 12.6. The average molecular weight is 260 g/mol. The third-order valence-corrected chi connectivity index (χ3v) is 3.05. The highest BCUT2D eigenvalue weighted by molar-refractivity contribution is 7.17. The van der Waals surface area contributed by atoms with Crippen LogP contribution in [0.4, 0.5) is 13.2 Å². The molecule has 17 heavy (non-hydrogen) atoms. The monoisotopic (exact) mass is 260 g/mol. The van der Waals surface area contributed by atoms with Crippen molar-refractivity contribution in [1.29, 1.82) is 0 Å². The first-order chi connectivity index (χ1) is 7.91. The fourth-order valence-corrected chi connectivity index (χ4v) is 2.12. The summed E-state index contributed by atoms with van der Waals surface area (Å²) in [4.78, 5) is 14.7. The molecule has 2 aromatic heterocycles. The average Bonchev–Trinajstić information content (AvgIpc) is 2.72. The summed E-state index contributed by atoms with van der Waals surface area (Å²) in [5, 5.41) is 0. The summed E-state index contributed by atoms with van der Waals surface area (Å²) in [5.74, 6) is -0.322. The first-order valence-corrected chi connectivity index (χ1v) is 5.46. The summed E-state index contributed by atoms with van der Waals surface area (Å²) in [7, 11) is 0. The number of ketones is 1. The summed E-state index contributed by atoms with van der Waals surface area (Å²) in [6.07, 6.45) is 0.718. The maximum atomic E-state index is 12.4. The van der Waals surface area contributed by atoms with E-state index in [1.165, 1.54) is 16.7 Å². The predicted octanol–water partition coefficient (Wildman–Crippen LogP) is 3.17. The van der Waals surface area contributed by atoms with Crippen molar-refractivity contribution in [3.63, 3.8) is 0 Å². The second-order valence-corrected chi connectivity index (χ2v) is 4.28. The first kappa shape index (κ1) is 11.8. The molecule has 0 spiro atoms. The molecular formula is C10H7F3N2OS. The number of thiazole rings is 1. The molecule has 0 radical (unpaired) electrons. The van der Waals surface area contributed by atoms with E-state index in [4.69, 9.17) is 0 Å². The van der Waals surface area contributed by atoms with Crippen LogP contribution in [0.25, 0.3) is 4.96 Å². The van der Waals surface area contributed by atoms with Gasteiger partial charge in [0.25, 0.3) is 0 Å². The fraction of sp³-hybridized carbons (Fsp3) is 0.200. The Labute approximate surface area is 98.2 Å². The maximum Gasteiger partial charge on any atom is 0.427 e. The highest BCUT2D eigenvalue weighted by atomic mass is 32.1. The van der Waals surface area contributed by atoms with Gasteiger partial charge < -0.3 is 0 Å². The van der Waals surface area contributed by atoms with Crippen LogP contribution >= 0.6 is 11.3 Å². The van der Waals surface area contributed by atoms with Gasteiger partial charge in [-0.05, 0) is 13.0 Å². The van der Waals surface area contributed by atoms with Gasteiger partial charge in [-0.1, -0.05) is 17.4 Å². The minimum atomic E-state index is -4.38. The Morgan fingerprint density at radius 3 is 2.71 bits per heavy atom. The number of carbonyl (C=O) groups excluding carboxylic acids is 1. The number of nitrogens with zero attached hydrogens (tertiary/aromatic N) is 2. The standard InChI is InChI=1S/C10H7F3N2OS/c1-2-3-7(16)6-4-15-5-8(10(11,12)13)17-9(15)14-6/h2-5H,1H3. The molecule has 2 heterocycles. The Hall–Kier alpha value is -1.63. The van der Waals surface area contributed by atoms with Crippen molar-refractivity contribution in [3.8, 4) is 0 Å². The van der Waals surface area contributed by atoms with Crippen LogP contribution in [-0.4, -0.2) is 15.2 Å². The van der Waals surface area contributed by atoms with E-state index >= 15 is 0 Å². The van der Waals surface area contributed by atoms with Gasteiger partial charge in [0.1, 0.15) is 10.6 Å². The second kappa shape index (κ2) is 3.99. The fourth-order valence-electron chi connectivity index (χ4n) is 1.28. The van der Waals surface area contributed by atoms with Crippen molar-refractivity contribution in [2.45, 2.75) is 13.1 Å². The van der Waals surface area contributed by atoms with E-state index in [1.807, 2.05) is 0 Å². The Kier molecular flexibility index (Phi) is 2.78. The molecule has 0 saturated heterocycles. The van der Waals surface area contributed by atoms with Crippen LogP contribution in [0.15, 0.2) is 24.5 Å². The summed E-state index contributed by atoms with van der Waals surface area (Å²) in [5.41, 5.74) is 0.142. The van der Waals surface area contributed by atoms with Crippen molar-refractivity contribution >= 4 is 22.1 Å². The van der Waals surface area contributed by atoms with Crippen LogP contribution in [0.5, 0.6) is 0 Å². The smallest absolute Gasteiger partial charge is 0.296 e. The molecule has 0 aliphatic heterocycles. The van der Waals surface area contributed by atoms with Crippen LogP contribution in [0, 0.1) is 0 Å². The number of carbonyl (C=O) groups is 1. The van der Waals surface area contributed by atoms with E-state index in [0.717, 1.165) is 6.20 Å². The van der Waals surface area contributed by atoms with Crippen molar-refractivity contribution in [1.82, 2.24) is 9.38 Å². The molecule has 0 fully saturated rings. The van der Waals surface area contributed by atoms with Crippen molar-refractivity contribution < 1.29 is 18.0 Å². The molecule has 0 aliphatic carbocycles. The molecular weight excluding hydrogens is 253 g/mol. The van der Waals surface area contributed by atoms with Gasteiger partial charge in [0, 0.05) is 12.4 Å². The van der Waals surface area contributed by atoms with Crippen LogP contribution in [0.2, 0.25) is 0 Å². The van der Waals surface area contributed by atoms with E-state index in [9.17, 15) is 18.0 Å². The Morgan fingerprint density at radius 1 is 1.47 bits per heavy atom. The topological polar surface area (TPSA) is 34.4 Å². The minimum Gasteiger partial charge on any atom is -0.296 e. The number of fused-ring (bicyclic) bond motifs is 1. The van der Waals surface area contributed by atoms with E-state index in [0.29, 0.717) is 11.3 Å². The molecule has 0 unspecified atom stereocenters. The Balaban J connectivity index is 2.42. The number of halogens is 3. The zero-order valence-electron chi connectivity index (χ0n) is 8.65. The molecule has 90 valence electrons. The van der Waals surface area contributed by atoms with Crippen molar-refractivity contribution in [3.05, 3.63) is 35.1 Å². The molecule has 0 saturated carbocycles. The van der Waals surface area contributed by atoms with Crippen LogP contribution in [0.3, 0.4) is 0 Å². The van der Waals surface area contributed by atoms with Gasteiger partial charge in [0.2, 0.25) is 5.78 Å². The van der Waals surface area contributed by atoms with Gasteiger partial charge in [-0.25, -0.2) is 4.98 Å². The minimum absolute atomic E-state index is 0.142.